The zero-order valence-corrected chi connectivity index (χ0v) is 16.4. The van der Waals surface area contributed by atoms with E-state index in [1.165, 1.54) is 33.5 Å². The molecule has 2 aromatic rings. The lowest BCUT2D eigenvalue weighted by Gasteiger charge is -2.44. The lowest BCUT2D eigenvalue weighted by molar-refractivity contribution is -0.139. The summed E-state index contributed by atoms with van der Waals surface area (Å²) in [4.78, 5) is 17.8. The summed E-state index contributed by atoms with van der Waals surface area (Å²) in [6.45, 7) is 2.23. The van der Waals surface area contributed by atoms with E-state index in [1.807, 2.05) is 0 Å². The van der Waals surface area contributed by atoms with Gasteiger partial charge in [-0.1, -0.05) is 5.16 Å². The van der Waals surface area contributed by atoms with Crippen molar-refractivity contribution in [3.05, 3.63) is 41.8 Å². The van der Waals surface area contributed by atoms with Crippen molar-refractivity contribution in [1.82, 2.24) is 19.3 Å². The molecule has 1 fully saturated rings. The Kier molecular flexibility index (Phi) is 5.94. The number of benzene rings is 1. The van der Waals surface area contributed by atoms with Crippen LogP contribution >= 0.6 is 0 Å². The SMILES string of the molecule is Cc1nc(CCN(C2CN(C(=O)COc3ccc(F)cc3)C2)S(C)(=O)=O)no1. The molecule has 3 rings (SSSR count). The Bertz CT molecular complexity index is 925. The van der Waals surface area contributed by atoms with E-state index in [9.17, 15) is 17.6 Å². The van der Waals surface area contributed by atoms with E-state index >= 15 is 0 Å². The third kappa shape index (κ3) is 5.04. The molecular weight excluding hydrogens is 391 g/mol. The van der Waals surface area contributed by atoms with Crippen molar-refractivity contribution in [3.8, 4) is 5.75 Å². The molecule has 0 aliphatic carbocycles. The van der Waals surface area contributed by atoms with Crippen LogP contribution in [0.1, 0.15) is 11.7 Å². The second kappa shape index (κ2) is 8.23. The largest absolute Gasteiger partial charge is 0.484 e. The van der Waals surface area contributed by atoms with Gasteiger partial charge in [-0.15, -0.1) is 0 Å². The number of hydrogen-bond acceptors (Lipinski definition) is 7. The highest BCUT2D eigenvalue weighted by molar-refractivity contribution is 7.88. The number of halogens is 1. The maximum atomic E-state index is 12.9. The van der Waals surface area contributed by atoms with Gasteiger partial charge in [0.05, 0.1) is 12.3 Å². The van der Waals surface area contributed by atoms with Crippen LogP contribution in [0.4, 0.5) is 4.39 Å². The molecule has 152 valence electrons. The summed E-state index contributed by atoms with van der Waals surface area (Å²) >= 11 is 0. The van der Waals surface area contributed by atoms with Gasteiger partial charge in [0.25, 0.3) is 5.91 Å². The van der Waals surface area contributed by atoms with Crippen LogP contribution in [0.5, 0.6) is 5.75 Å². The Balaban J connectivity index is 1.50. The molecule has 1 aromatic heterocycles. The van der Waals surface area contributed by atoms with Gasteiger partial charge in [0.2, 0.25) is 15.9 Å². The third-order valence-electron chi connectivity index (χ3n) is 4.35. The van der Waals surface area contributed by atoms with Crippen LogP contribution in [0.2, 0.25) is 0 Å². The minimum absolute atomic E-state index is 0.195. The number of carbonyl (C=O) groups excluding carboxylic acids is 1. The zero-order chi connectivity index (χ0) is 20.3. The number of rotatable bonds is 8. The van der Waals surface area contributed by atoms with Gasteiger partial charge in [-0.3, -0.25) is 4.79 Å². The normalized spacial score (nSPS) is 14.9. The summed E-state index contributed by atoms with van der Waals surface area (Å²) in [5.74, 6) is 0.595. The smallest absolute Gasteiger partial charge is 0.260 e. The molecule has 1 aliphatic rings. The van der Waals surface area contributed by atoms with Crippen molar-refractivity contribution in [2.75, 3.05) is 32.5 Å². The predicted molar refractivity (Wildman–Crippen MR) is 96.6 cm³/mol. The average Bonchev–Trinajstić information content (AvgIpc) is 3.00. The van der Waals surface area contributed by atoms with Gasteiger partial charge >= 0.3 is 0 Å². The van der Waals surface area contributed by atoms with Crippen molar-refractivity contribution >= 4 is 15.9 Å². The first-order chi connectivity index (χ1) is 13.2. The Hall–Kier alpha value is -2.53. The Morgan fingerprint density at radius 3 is 2.61 bits per heavy atom. The van der Waals surface area contributed by atoms with E-state index in [-0.39, 0.29) is 44.0 Å². The van der Waals surface area contributed by atoms with Gasteiger partial charge in [-0.25, -0.2) is 12.8 Å². The topological polar surface area (TPSA) is 106 Å². The highest BCUT2D eigenvalue weighted by atomic mass is 32.2. The van der Waals surface area contributed by atoms with E-state index in [0.717, 1.165) is 6.26 Å². The molecule has 0 unspecified atom stereocenters. The number of hydrogen-bond donors (Lipinski definition) is 0. The fourth-order valence-electron chi connectivity index (χ4n) is 2.88. The molecule has 1 amide bonds. The third-order valence-corrected chi connectivity index (χ3v) is 5.68. The molecule has 0 saturated carbocycles. The first-order valence-electron chi connectivity index (χ1n) is 8.64. The molecule has 1 aliphatic heterocycles. The summed E-state index contributed by atoms with van der Waals surface area (Å²) in [6.07, 6.45) is 1.46. The number of amides is 1. The van der Waals surface area contributed by atoms with Crippen LogP contribution in [-0.2, 0) is 21.2 Å². The Labute approximate surface area is 162 Å². The standard InChI is InChI=1S/C17H21FN4O5S/c1-12-19-16(20-27-12)7-8-22(28(2,24)25)14-9-21(10-14)17(23)11-26-15-5-3-13(18)4-6-15/h3-6,14H,7-11H2,1-2H3. The molecule has 0 spiro atoms. The van der Waals surface area contributed by atoms with Gasteiger partial charge in [-0.2, -0.15) is 9.29 Å². The number of ether oxygens (including phenoxy) is 1. The fourth-order valence-corrected chi connectivity index (χ4v) is 3.98. The van der Waals surface area contributed by atoms with Gasteiger partial charge in [0, 0.05) is 33.0 Å². The number of sulfonamides is 1. The number of nitrogens with zero attached hydrogens (tertiary/aromatic N) is 4. The summed E-state index contributed by atoms with van der Waals surface area (Å²) in [7, 11) is -3.45. The molecule has 2 heterocycles. The molecule has 9 nitrogen and oxygen atoms in total. The van der Waals surface area contributed by atoms with Gasteiger partial charge in [0.1, 0.15) is 11.6 Å². The van der Waals surface area contributed by atoms with Crippen molar-refractivity contribution in [3.63, 3.8) is 0 Å². The summed E-state index contributed by atoms with van der Waals surface area (Å²) in [5.41, 5.74) is 0. The molecule has 0 atom stereocenters. The number of carbonyl (C=O) groups is 1. The Morgan fingerprint density at radius 2 is 2.04 bits per heavy atom. The molecule has 28 heavy (non-hydrogen) atoms. The first-order valence-corrected chi connectivity index (χ1v) is 10.5. The second-order valence-electron chi connectivity index (χ2n) is 6.55. The van der Waals surface area contributed by atoms with Crippen LogP contribution in [0.25, 0.3) is 0 Å². The fraction of sp³-hybridized carbons (Fsp3) is 0.471. The van der Waals surface area contributed by atoms with E-state index in [2.05, 4.69) is 10.1 Å². The van der Waals surface area contributed by atoms with Crippen LogP contribution in [0, 0.1) is 12.7 Å². The lowest BCUT2D eigenvalue weighted by atomic mass is 10.1. The second-order valence-corrected chi connectivity index (χ2v) is 8.48. The lowest BCUT2D eigenvalue weighted by Crippen LogP contribution is -2.63. The quantitative estimate of drug-likeness (QED) is 0.625. The number of aryl methyl sites for hydroxylation is 1. The van der Waals surface area contributed by atoms with E-state index < -0.39 is 10.0 Å². The monoisotopic (exact) mass is 412 g/mol. The number of aromatic nitrogens is 2. The van der Waals surface area contributed by atoms with Crippen molar-refractivity contribution in [2.24, 2.45) is 0 Å². The van der Waals surface area contributed by atoms with Crippen LogP contribution in [0.3, 0.4) is 0 Å². The number of likely N-dealkylation sites (tertiary alicyclic amines) is 1. The summed E-state index contributed by atoms with van der Waals surface area (Å²) in [6, 6.07) is 5.06. The van der Waals surface area contributed by atoms with E-state index in [1.54, 1.807) is 6.92 Å². The van der Waals surface area contributed by atoms with Crippen molar-refractivity contribution in [2.45, 2.75) is 19.4 Å². The minimum Gasteiger partial charge on any atom is -0.484 e. The molecule has 1 aromatic carbocycles. The molecule has 0 N–H and O–H groups in total. The first kappa shape index (κ1) is 20.2. The average molecular weight is 412 g/mol. The van der Waals surface area contributed by atoms with Crippen LogP contribution in [-0.4, -0.2) is 72.2 Å². The predicted octanol–water partition coefficient (Wildman–Crippen LogP) is 0.611. The van der Waals surface area contributed by atoms with Gasteiger partial charge < -0.3 is 14.2 Å². The zero-order valence-electron chi connectivity index (χ0n) is 15.5. The highest BCUT2D eigenvalue weighted by Gasteiger charge is 2.38. The van der Waals surface area contributed by atoms with Crippen LogP contribution in [0.15, 0.2) is 28.8 Å². The Morgan fingerprint density at radius 1 is 1.36 bits per heavy atom. The van der Waals surface area contributed by atoms with Crippen molar-refractivity contribution in [1.29, 1.82) is 0 Å². The molecule has 11 heteroatoms. The molecule has 0 radical (unpaired) electrons. The summed E-state index contributed by atoms with van der Waals surface area (Å²) < 4.78 is 48.7. The van der Waals surface area contributed by atoms with Gasteiger partial charge in [0.15, 0.2) is 12.4 Å². The summed E-state index contributed by atoms with van der Waals surface area (Å²) in [5, 5.41) is 3.76. The molecule has 1 saturated heterocycles. The molecular formula is C17H21FN4O5S. The van der Waals surface area contributed by atoms with E-state index in [4.69, 9.17) is 9.26 Å². The minimum atomic E-state index is -3.45. The van der Waals surface area contributed by atoms with Gasteiger partial charge in [-0.05, 0) is 24.3 Å². The maximum Gasteiger partial charge on any atom is 0.260 e. The molecule has 0 bridgehead atoms. The van der Waals surface area contributed by atoms with E-state index in [0.29, 0.717) is 23.9 Å². The maximum absolute atomic E-state index is 12.9. The highest BCUT2D eigenvalue weighted by Crippen LogP contribution is 2.19. The van der Waals surface area contributed by atoms with Crippen LogP contribution < -0.4 is 4.74 Å². The van der Waals surface area contributed by atoms with Crippen molar-refractivity contribution < 1.29 is 26.9 Å².